The average molecular weight is 581 g/mol. The molecule has 10 heteroatoms. The first-order valence-electron chi connectivity index (χ1n) is 10.0. The molecule has 7 nitrogen and oxygen atoms in total. The number of fused-ring (bicyclic) bond motifs is 3. The Morgan fingerprint density at radius 3 is 2.72 bits per heavy atom. The molecule has 0 bridgehead atoms. The number of aromatic amines is 1. The second-order valence-electron chi connectivity index (χ2n) is 7.00. The van der Waals surface area contributed by atoms with Crippen LogP contribution in [0.2, 0.25) is 0 Å². The summed E-state index contributed by atoms with van der Waals surface area (Å²) >= 11 is 8.49. The molecule has 0 saturated carbocycles. The molecule has 0 saturated heterocycles. The molecule has 1 N–H and O–H groups in total. The Balaban J connectivity index is 2.14. The van der Waals surface area contributed by atoms with E-state index in [9.17, 15) is 9.59 Å². The molecule has 32 heavy (non-hydrogen) atoms. The smallest absolute Gasteiger partial charge is 0.325 e. The minimum atomic E-state index is -0.712. The van der Waals surface area contributed by atoms with Gasteiger partial charge in [0.2, 0.25) is 11.1 Å². The topological polar surface area (TPSA) is 79.2 Å². The molecule has 0 fully saturated rings. The minimum absolute atomic E-state index is 0.0908. The molecule has 2 heterocycles. The van der Waals surface area contributed by atoms with E-state index in [1.54, 1.807) is 9.58 Å². The van der Waals surface area contributed by atoms with Crippen LogP contribution < -0.4 is 19.9 Å². The number of carbonyl (C=O) groups excluding carboxylic acids is 1. The molecular formula is C22H21Br2N4O3S+. The number of benzene rings is 2. The van der Waals surface area contributed by atoms with Crippen LogP contribution in [0.3, 0.4) is 0 Å². The zero-order valence-corrected chi connectivity index (χ0v) is 21.7. The molecule has 0 unspecified atom stereocenters. The van der Waals surface area contributed by atoms with Gasteiger partial charge in [-0.15, -0.1) is 0 Å². The number of nitrogens with one attached hydrogen (secondary N) is 1. The highest BCUT2D eigenvalue weighted by molar-refractivity contribution is 9.11. The number of anilines is 1. The number of nitrogens with zero attached hydrogens (tertiary/aromatic N) is 3. The SMILES string of the molecule is CCOc1c(Br)cc(Br)cc1[C@H]1N(C(=O)CC)c2ccccc2-c2c(=O)[nH]c(SC)n[n+]21. The third-order valence-corrected chi connectivity index (χ3v) is 6.74. The number of amides is 1. The highest BCUT2D eigenvalue weighted by atomic mass is 79.9. The fraction of sp³-hybridized carbons (Fsp3) is 0.273. The van der Waals surface area contributed by atoms with Gasteiger partial charge in [0.15, 0.2) is 0 Å². The Hall–Kier alpha value is -2.17. The number of ether oxygens (including phenoxy) is 1. The second kappa shape index (κ2) is 9.36. The van der Waals surface area contributed by atoms with E-state index in [1.807, 2.05) is 56.5 Å². The first-order chi connectivity index (χ1) is 15.4. The van der Waals surface area contributed by atoms with Crippen LogP contribution >= 0.6 is 43.6 Å². The highest BCUT2D eigenvalue weighted by Gasteiger charge is 2.47. The van der Waals surface area contributed by atoms with E-state index in [1.165, 1.54) is 11.8 Å². The zero-order chi connectivity index (χ0) is 23.0. The number of hydrogen-bond donors (Lipinski definition) is 1. The van der Waals surface area contributed by atoms with Crippen LogP contribution in [0.5, 0.6) is 5.75 Å². The van der Waals surface area contributed by atoms with Gasteiger partial charge in [0.25, 0.3) is 6.17 Å². The van der Waals surface area contributed by atoms with Crippen LogP contribution in [0, 0.1) is 0 Å². The Labute approximate surface area is 206 Å². The fourth-order valence-corrected chi connectivity index (χ4v) is 5.59. The first-order valence-corrected chi connectivity index (χ1v) is 12.9. The van der Waals surface area contributed by atoms with Gasteiger partial charge in [0.05, 0.1) is 27.9 Å². The number of para-hydroxylation sites is 1. The van der Waals surface area contributed by atoms with Crippen molar-refractivity contribution in [2.75, 3.05) is 17.8 Å². The van der Waals surface area contributed by atoms with Crippen LogP contribution in [0.25, 0.3) is 11.3 Å². The van der Waals surface area contributed by atoms with Gasteiger partial charge in [-0.3, -0.25) is 14.6 Å². The normalized spacial score (nSPS) is 14.7. The van der Waals surface area contributed by atoms with Crippen LogP contribution in [-0.2, 0) is 4.79 Å². The third kappa shape index (κ3) is 3.88. The summed E-state index contributed by atoms with van der Waals surface area (Å²) in [5, 5.41) is 5.18. The lowest BCUT2D eigenvalue weighted by Gasteiger charge is -2.32. The van der Waals surface area contributed by atoms with Crippen molar-refractivity contribution < 1.29 is 14.2 Å². The van der Waals surface area contributed by atoms with Gasteiger partial charge in [0, 0.05) is 16.0 Å². The zero-order valence-electron chi connectivity index (χ0n) is 17.7. The summed E-state index contributed by atoms with van der Waals surface area (Å²) in [5.41, 5.74) is 2.14. The van der Waals surface area contributed by atoms with Crippen molar-refractivity contribution in [2.24, 2.45) is 0 Å². The minimum Gasteiger partial charge on any atom is -0.492 e. The molecular weight excluding hydrogens is 560 g/mol. The van der Waals surface area contributed by atoms with E-state index in [0.717, 1.165) is 8.95 Å². The third-order valence-electron chi connectivity index (χ3n) is 5.13. The van der Waals surface area contributed by atoms with Crippen molar-refractivity contribution in [3.8, 4) is 17.0 Å². The lowest BCUT2D eigenvalue weighted by Crippen LogP contribution is -2.61. The largest absolute Gasteiger partial charge is 0.492 e. The first kappa shape index (κ1) is 23.0. The molecule has 0 radical (unpaired) electrons. The maximum Gasteiger partial charge on any atom is 0.325 e. The van der Waals surface area contributed by atoms with E-state index in [2.05, 4.69) is 36.8 Å². The molecule has 1 aliphatic rings. The summed E-state index contributed by atoms with van der Waals surface area (Å²) in [6.07, 6.45) is 1.42. The molecule has 166 valence electrons. The Bertz CT molecular complexity index is 1260. The number of hydrogen-bond acceptors (Lipinski definition) is 5. The molecule has 0 spiro atoms. The van der Waals surface area contributed by atoms with Crippen LogP contribution in [0.15, 0.2) is 55.3 Å². The van der Waals surface area contributed by atoms with Crippen molar-refractivity contribution >= 4 is 55.2 Å². The summed E-state index contributed by atoms with van der Waals surface area (Å²) in [7, 11) is 0. The lowest BCUT2D eigenvalue weighted by molar-refractivity contribution is -0.763. The predicted molar refractivity (Wildman–Crippen MR) is 131 cm³/mol. The van der Waals surface area contributed by atoms with Crippen LogP contribution in [-0.4, -0.2) is 28.9 Å². The summed E-state index contributed by atoms with van der Waals surface area (Å²) in [6, 6.07) is 11.2. The summed E-state index contributed by atoms with van der Waals surface area (Å²) < 4.78 is 9.17. The van der Waals surface area contributed by atoms with Crippen molar-refractivity contribution in [3.05, 3.63) is 61.3 Å². The lowest BCUT2D eigenvalue weighted by atomic mass is 10.0. The van der Waals surface area contributed by atoms with Gasteiger partial charge in [-0.25, -0.2) is 4.90 Å². The van der Waals surface area contributed by atoms with E-state index >= 15 is 0 Å². The van der Waals surface area contributed by atoms with Crippen molar-refractivity contribution in [1.29, 1.82) is 0 Å². The number of carbonyl (C=O) groups is 1. The maximum absolute atomic E-state index is 13.3. The van der Waals surface area contributed by atoms with Crippen LogP contribution in [0.1, 0.15) is 32.0 Å². The summed E-state index contributed by atoms with van der Waals surface area (Å²) in [4.78, 5) is 31.1. The van der Waals surface area contributed by atoms with Gasteiger partial charge in [0.1, 0.15) is 5.75 Å². The van der Waals surface area contributed by atoms with Crippen molar-refractivity contribution in [3.63, 3.8) is 0 Å². The Morgan fingerprint density at radius 1 is 1.28 bits per heavy atom. The standard InChI is InChI=1S/C22H20Br2N4O3S/c1-4-17(29)27-16-9-7-6-8-13(16)18-20(30)25-22(32-3)26-28(18)21(27)14-10-12(23)11-15(24)19(14)31-5-2/h6-11,21H,4-5H2,1-3H3/p+1/t21-/m0/s1. The number of aromatic nitrogens is 3. The highest BCUT2D eigenvalue weighted by Crippen LogP contribution is 2.43. The fourth-order valence-electron chi connectivity index (χ4n) is 3.85. The molecule has 1 aromatic heterocycles. The molecule has 1 amide bonds. The Kier molecular flexibility index (Phi) is 6.73. The number of thioether (sulfide) groups is 1. The quantitative estimate of drug-likeness (QED) is 0.350. The number of H-pyrrole nitrogens is 1. The van der Waals surface area contributed by atoms with E-state index in [-0.39, 0.29) is 11.5 Å². The van der Waals surface area contributed by atoms with E-state index in [0.29, 0.717) is 46.4 Å². The molecule has 1 atom stereocenters. The molecule has 3 aromatic rings. The summed E-state index contributed by atoms with van der Waals surface area (Å²) in [6.45, 7) is 4.16. The van der Waals surface area contributed by atoms with E-state index < -0.39 is 6.17 Å². The molecule has 4 rings (SSSR count). The second-order valence-corrected chi connectivity index (χ2v) is 9.57. The average Bonchev–Trinajstić information content (AvgIpc) is 2.78. The molecule has 0 aliphatic carbocycles. The van der Waals surface area contributed by atoms with Crippen molar-refractivity contribution in [1.82, 2.24) is 10.1 Å². The predicted octanol–water partition coefficient (Wildman–Crippen LogP) is 4.67. The van der Waals surface area contributed by atoms with Gasteiger partial charge in [-0.2, -0.15) is 0 Å². The maximum atomic E-state index is 13.3. The van der Waals surface area contributed by atoms with E-state index in [4.69, 9.17) is 9.84 Å². The number of rotatable bonds is 5. The molecule has 1 aliphatic heterocycles. The van der Waals surface area contributed by atoms with Crippen LogP contribution in [0.4, 0.5) is 5.69 Å². The molecule has 2 aromatic carbocycles. The van der Waals surface area contributed by atoms with Gasteiger partial charge in [-0.05, 0) is 58.1 Å². The van der Waals surface area contributed by atoms with Crippen molar-refractivity contribution in [2.45, 2.75) is 31.6 Å². The Morgan fingerprint density at radius 2 is 2.03 bits per heavy atom. The van der Waals surface area contributed by atoms with Gasteiger partial charge in [-0.1, -0.05) is 46.7 Å². The monoisotopic (exact) mass is 579 g/mol. The number of halogens is 2. The van der Waals surface area contributed by atoms with Gasteiger partial charge >= 0.3 is 11.3 Å². The summed E-state index contributed by atoms with van der Waals surface area (Å²) in [5.74, 6) is 0.507. The van der Waals surface area contributed by atoms with Gasteiger partial charge < -0.3 is 4.74 Å².